The number of amides is 2. The molecule has 5 aromatic rings. The summed E-state index contributed by atoms with van der Waals surface area (Å²) in [6.07, 6.45) is -2.78. The van der Waals surface area contributed by atoms with Gasteiger partial charge in [0.1, 0.15) is 5.82 Å². The summed E-state index contributed by atoms with van der Waals surface area (Å²) in [4.78, 5) is 26.1. The number of alkyl halides is 3. The number of H-pyrrole nitrogens is 1. The van der Waals surface area contributed by atoms with Gasteiger partial charge in [-0.25, -0.2) is 9.78 Å². The molecule has 6 rings (SSSR count). The van der Waals surface area contributed by atoms with Crippen LogP contribution in [0.4, 0.5) is 23.7 Å². The molecule has 2 amide bonds. The standard InChI is InChI=1S/C37H36F3N5O/c1-26-34(43-35(41-26)28-16-18-30(19-17-28)37(38,39)40)25-44-22-20-32(21-23-44)45(36(46)42-31-13-6-3-7-14-31)24-29-12-8-9-15-33(29)27-10-4-2-5-11-27/h2-19,32H,20-25H2,1H3,(H,41,43)(H,42,46). The van der Waals surface area contributed by atoms with Gasteiger partial charge in [-0.05, 0) is 60.7 Å². The molecular weight excluding hydrogens is 587 g/mol. The molecule has 1 aromatic heterocycles. The molecule has 1 aliphatic rings. The van der Waals surface area contributed by atoms with Gasteiger partial charge in [-0.15, -0.1) is 0 Å². The van der Waals surface area contributed by atoms with Crippen LogP contribution < -0.4 is 5.32 Å². The number of imidazole rings is 1. The number of aryl methyl sites for hydroxylation is 1. The number of carbonyl (C=O) groups excluding carboxylic acids is 1. The fourth-order valence-electron chi connectivity index (χ4n) is 6.03. The van der Waals surface area contributed by atoms with E-state index in [0.717, 1.165) is 71.8 Å². The summed E-state index contributed by atoms with van der Waals surface area (Å²) in [6.45, 7) is 4.58. The zero-order chi connectivity index (χ0) is 32.1. The van der Waals surface area contributed by atoms with Crippen LogP contribution >= 0.6 is 0 Å². The number of para-hydroxylation sites is 1. The number of likely N-dealkylation sites (tertiary alicyclic amines) is 1. The summed E-state index contributed by atoms with van der Waals surface area (Å²) in [5.74, 6) is 0.553. The molecule has 9 heteroatoms. The minimum atomic E-state index is -4.38. The molecular formula is C37H36F3N5O. The molecule has 2 heterocycles. The first-order chi connectivity index (χ1) is 22.2. The second-order valence-corrected chi connectivity index (χ2v) is 11.7. The topological polar surface area (TPSA) is 64.3 Å². The van der Waals surface area contributed by atoms with E-state index in [0.29, 0.717) is 24.5 Å². The number of halogens is 3. The van der Waals surface area contributed by atoms with Crippen molar-refractivity contribution >= 4 is 11.7 Å². The van der Waals surface area contributed by atoms with Crippen molar-refractivity contribution in [2.75, 3.05) is 18.4 Å². The molecule has 0 radical (unpaired) electrons. The molecule has 0 bridgehead atoms. The van der Waals surface area contributed by atoms with Crippen LogP contribution in [-0.4, -0.2) is 44.9 Å². The Morgan fingerprint density at radius 3 is 2.17 bits per heavy atom. The van der Waals surface area contributed by atoms with Crippen LogP contribution in [0.3, 0.4) is 0 Å². The summed E-state index contributed by atoms with van der Waals surface area (Å²) in [6, 6.07) is 32.9. The highest BCUT2D eigenvalue weighted by atomic mass is 19.4. The zero-order valence-electron chi connectivity index (χ0n) is 25.6. The third-order valence-electron chi connectivity index (χ3n) is 8.57. The minimum absolute atomic E-state index is 0.0341. The number of benzene rings is 4. The van der Waals surface area contributed by atoms with Crippen molar-refractivity contribution in [3.63, 3.8) is 0 Å². The molecule has 2 N–H and O–H groups in total. The van der Waals surface area contributed by atoms with Crippen molar-refractivity contribution in [2.24, 2.45) is 0 Å². The van der Waals surface area contributed by atoms with Gasteiger partial charge in [0.15, 0.2) is 0 Å². The Morgan fingerprint density at radius 2 is 1.50 bits per heavy atom. The van der Waals surface area contributed by atoms with E-state index in [4.69, 9.17) is 4.98 Å². The first kappa shape index (κ1) is 31.1. The lowest BCUT2D eigenvalue weighted by Gasteiger charge is -2.38. The predicted octanol–water partition coefficient (Wildman–Crippen LogP) is 8.77. The van der Waals surface area contributed by atoms with E-state index in [1.165, 1.54) is 12.1 Å². The number of anilines is 1. The second-order valence-electron chi connectivity index (χ2n) is 11.7. The van der Waals surface area contributed by atoms with E-state index < -0.39 is 11.7 Å². The molecule has 1 aliphatic heterocycles. The van der Waals surface area contributed by atoms with Crippen molar-refractivity contribution in [1.29, 1.82) is 0 Å². The number of carbonyl (C=O) groups is 1. The van der Waals surface area contributed by atoms with Gasteiger partial charge < -0.3 is 15.2 Å². The summed E-state index contributed by atoms with van der Waals surface area (Å²) < 4.78 is 39.0. The summed E-state index contributed by atoms with van der Waals surface area (Å²) >= 11 is 0. The largest absolute Gasteiger partial charge is 0.416 e. The number of nitrogens with zero attached hydrogens (tertiary/aromatic N) is 3. The average Bonchev–Trinajstić information content (AvgIpc) is 3.44. The first-order valence-electron chi connectivity index (χ1n) is 15.5. The van der Waals surface area contributed by atoms with Crippen LogP contribution in [0.15, 0.2) is 109 Å². The van der Waals surface area contributed by atoms with E-state index in [9.17, 15) is 18.0 Å². The fourth-order valence-corrected chi connectivity index (χ4v) is 6.03. The smallest absolute Gasteiger partial charge is 0.342 e. The van der Waals surface area contributed by atoms with E-state index in [1.807, 2.05) is 72.5 Å². The number of nitrogens with one attached hydrogen (secondary N) is 2. The van der Waals surface area contributed by atoms with E-state index in [1.54, 1.807) is 0 Å². The quantitative estimate of drug-likeness (QED) is 0.182. The number of hydrogen-bond donors (Lipinski definition) is 2. The number of aromatic amines is 1. The zero-order valence-corrected chi connectivity index (χ0v) is 25.6. The maximum atomic E-state index is 13.8. The maximum absolute atomic E-state index is 13.8. The van der Waals surface area contributed by atoms with Crippen LogP contribution in [0.25, 0.3) is 22.5 Å². The maximum Gasteiger partial charge on any atom is 0.416 e. The number of hydrogen-bond acceptors (Lipinski definition) is 3. The highest BCUT2D eigenvalue weighted by molar-refractivity contribution is 5.89. The van der Waals surface area contributed by atoms with Gasteiger partial charge in [0.25, 0.3) is 0 Å². The molecule has 1 saturated heterocycles. The molecule has 0 aliphatic carbocycles. The van der Waals surface area contributed by atoms with Gasteiger partial charge in [0, 0.05) is 49.2 Å². The van der Waals surface area contributed by atoms with Crippen LogP contribution in [0.2, 0.25) is 0 Å². The normalized spacial score (nSPS) is 14.3. The highest BCUT2D eigenvalue weighted by Crippen LogP contribution is 2.31. The Kier molecular flexibility index (Phi) is 9.21. The van der Waals surface area contributed by atoms with Gasteiger partial charge in [0.05, 0.1) is 11.3 Å². The van der Waals surface area contributed by atoms with Crippen molar-refractivity contribution in [2.45, 2.75) is 45.1 Å². The van der Waals surface area contributed by atoms with Gasteiger partial charge in [-0.3, -0.25) is 4.90 Å². The van der Waals surface area contributed by atoms with E-state index in [2.05, 4.69) is 39.5 Å². The molecule has 6 nitrogen and oxygen atoms in total. The number of aromatic nitrogens is 2. The lowest BCUT2D eigenvalue weighted by Crippen LogP contribution is -2.48. The van der Waals surface area contributed by atoms with Crippen LogP contribution in [-0.2, 0) is 19.3 Å². The first-order valence-corrected chi connectivity index (χ1v) is 15.5. The summed E-state index contributed by atoms with van der Waals surface area (Å²) in [7, 11) is 0. The summed E-state index contributed by atoms with van der Waals surface area (Å²) in [5, 5.41) is 3.10. The predicted molar refractivity (Wildman–Crippen MR) is 175 cm³/mol. The Labute approximate surface area is 266 Å². The minimum Gasteiger partial charge on any atom is -0.342 e. The Hall–Kier alpha value is -4.89. The third-order valence-corrected chi connectivity index (χ3v) is 8.57. The molecule has 0 spiro atoms. The Morgan fingerprint density at radius 1 is 0.870 bits per heavy atom. The van der Waals surface area contributed by atoms with Crippen LogP contribution in [0.1, 0.15) is 35.4 Å². The molecule has 4 aromatic carbocycles. The molecule has 46 heavy (non-hydrogen) atoms. The van der Waals surface area contributed by atoms with Crippen molar-refractivity contribution in [1.82, 2.24) is 19.8 Å². The monoisotopic (exact) mass is 623 g/mol. The molecule has 0 unspecified atom stereocenters. The Bertz CT molecular complexity index is 1750. The van der Waals surface area contributed by atoms with Gasteiger partial charge in [-0.2, -0.15) is 13.2 Å². The Balaban J connectivity index is 1.16. The number of piperidine rings is 1. The molecule has 236 valence electrons. The van der Waals surface area contributed by atoms with Crippen molar-refractivity contribution < 1.29 is 18.0 Å². The number of rotatable bonds is 8. The van der Waals surface area contributed by atoms with E-state index >= 15 is 0 Å². The summed E-state index contributed by atoms with van der Waals surface area (Å²) in [5.41, 5.74) is 5.74. The number of urea groups is 1. The molecule has 0 saturated carbocycles. The second kappa shape index (κ2) is 13.6. The van der Waals surface area contributed by atoms with Crippen LogP contribution in [0, 0.1) is 6.92 Å². The molecule has 1 fully saturated rings. The highest BCUT2D eigenvalue weighted by Gasteiger charge is 2.31. The lowest BCUT2D eigenvalue weighted by atomic mass is 9.97. The molecule has 0 atom stereocenters. The van der Waals surface area contributed by atoms with Crippen LogP contribution in [0.5, 0.6) is 0 Å². The fraction of sp³-hybridized carbons (Fsp3) is 0.243. The van der Waals surface area contributed by atoms with Gasteiger partial charge in [-0.1, -0.05) is 84.9 Å². The average molecular weight is 624 g/mol. The third kappa shape index (κ3) is 7.32. The van der Waals surface area contributed by atoms with Crippen molar-refractivity contribution in [3.8, 4) is 22.5 Å². The van der Waals surface area contributed by atoms with Gasteiger partial charge in [0.2, 0.25) is 0 Å². The lowest BCUT2D eigenvalue weighted by molar-refractivity contribution is -0.137. The van der Waals surface area contributed by atoms with E-state index in [-0.39, 0.29) is 12.1 Å². The van der Waals surface area contributed by atoms with Crippen molar-refractivity contribution in [3.05, 3.63) is 132 Å². The SMILES string of the molecule is Cc1[nH]c(-c2ccc(C(F)(F)F)cc2)nc1CN1CCC(N(Cc2ccccc2-c2ccccc2)C(=O)Nc2ccccc2)CC1. The van der Waals surface area contributed by atoms with Gasteiger partial charge >= 0.3 is 12.2 Å².